The van der Waals surface area contributed by atoms with Crippen LogP contribution in [0.1, 0.15) is 26.3 Å². The van der Waals surface area contributed by atoms with Crippen molar-refractivity contribution in [1.29, 1.82) is 0 Å². The van der Waals surface area contributed by atoms with E-state index in [1.54, 1.807) is 13.1 Å². The Morgan fingerprint density at radius 1 is 1.07 bits per heavy atom. The second-order valence-electron chi connectivity index (χ2n) is 7.48. The summed E-state index contributed by atoms with van der Waals surface area (Å²) < 4.78 is 5.37. The van der Waals surface area contributed by atoms with Gasteiger partial charge in [0.15, 0.2) is 0 Å². The van der Waals surface area contributed by atoms with Crippen molar-refractivity contribution in [2.45, 2.75) is 32.9 Å². The van der Waals surface area contributed by atoms with Crippen LogP contribution in [0.2, 0.25) is 0 Å². The largest absolute Gasteiger partial charge is 0.444 e. The molecule has 6 heteroatoms. The van der Waals surface area contributed by atoms with Crippen molar-refractivity contribution >= 4 is 16.9 Å². The highest BCUT2D eigenvalue weighted by Gasteiger charge is 2.19. The lowest BCUT2D eigenvalue weighted by atomic mass is 10.0. The Bertz CT molecular complexity index is 1020. The summed E-state index contributed by atoms with van der Waals surface area (Å²) >= 11 is 0. The lowest BCUT2D eigenvalue weighted by molar-refractivity contribution is 0.0285. The van der Waals surface area contributed by atoms with Crippen molar-refractivity contribution < 1.29 is 9.53 Å². The normalized spacial score (nSPS) is 11.4. The van der Waals surface area contributed by atoms with Gasteiger partial charge in [-0.3, -0.25) is 4.79 Å². The molecule has 0 unspecified atom stereocenters. The van der Waals surface area contributed by atoms with Crippen LogP contribution >= 0.6 is 0 Å². The summed E-state index contributed by atoms with van der Waals surface area (Å²) in [7, 11) is 1.71. The molecule has 0 saturated carbocycles. The van der Waals surface area contributed by atoms with Gasteiger partial charge in [-0.2, -0.15) is 5.10 Å². The van der Waals surface area contributed by atoms with E-state index in [-0.39, 0.29) is 11.7 Å². The number of carbonyl (C=O) groups is 1. The zero-order valence-corrected chi connectivity index (χ0v) is 15.9. The first-order chi connectivity index (χ1) is 12.7. The molecule has 0 aliphatic carbocycles. The SMILES string of the molecule is CN(Cc1ccc(-c2n[nH]c(=O)c3ccccc23)cc1)C(=O)OC(C)(C)C. The van der Waals surface area contributed by atoms with Crippen LogP contribution in [0.4, 0.5) is 4.79 Å². The lowest BCUT2D eigenvalue weighted by Crippen LogP contribution is -2.33. The number of hydrogen-bond acceptors (Lipinski definition) is 4. The fraction of sp³-hybridized carbons (Fsp3) is 0.286. The number of rotatable bonds is 3. The van der Waals surface area contributed by atoms with Crippen molar-refractivity contribution in [3.63, 3.8) is 0 Å². The predicted octanol–water partition coefficient (Wildman–Crippen LogP) is 3.96. The van der Waals surface area contributed by atoms with Gasteiger partial charge in [0.1, 0.15) is 5.60 Å². The molecule has 140 valence electrons. The maximum Gasteiger partial charge on any atom is 0.410 e. The first-order valence-electron chi connectivity index (χ1n) is 8.75. The van der Waals surface area contributed by atoms with Gasteiger partial charge in [-0.25, -0.2) is 9.89 Å². The van der Waals surface area contributed by atoms with E-state index in [9.17, 15) is 9.59 Å². The summed E-state index contributed by atoms with van der Waals surface area (Å²) in [6.45, 7) is 5.97. The maximum absolute atomic E-state index is 12.1. The summed E-state index contributed by atoms with van der Waals surface area (Å²) in [6, 6.07) is 15.1. The molecule has 3 aromatic rings. The van der Waals surface area contributed by atoms with Gasteiger partial charge < -0.3 is 9.64 Å². The number of hydrogen-bond donors (Lipinski definition) is 1. The minimum Gasteiger partial charge on any atom is -0.444 e. The summed E-state index contributed by atoms with van der Waals surface area (Å²) in [5, 5.41) is 8.18. The van der Waals surface area contributed by atoms with E-state index in [0.717, 1.165) is 22.2 Å². The molecule has 3 rings (SSSR count). The minimum atomic E-state index is -0.522. The number of nitrogens with zero attached hydrogens (tertiary/aromatic N) is 2. The average molecular weight is 365 g/mol. The van der Waals surface area contributed by atoms with Crippen molar-refractivity contribution in [3.05, 3.63) is 64.4 Å². The van der Waals surface area contributed by atoms with Crippen molar-refractivity contribution in [2.75, 3.05) is 7.05 Å². The monoisotopic (exact) mass is 365 g/mol. The number of aromatic nitrogens is 2. The molecule has 0 saturated heterocycles. The topological polar surface area (TPSA) is 75.3 Å². The molecule has 1 N–H and O–H groups in total. The van der Waals surface area contributed by atoms with E-state index >= 15 is 0 Å². The first-order valence-corrected chi connectivity index (χ1v) is 8.75. The van der Waals surface area contributed by atoms with E-state index in [1.807, 2.05) is 63.2 Å². The smallest absolute Gasteiger partial charge is 0.410 e. The Balaban J connectivity index is 1.82. The third-order valence-electron chi connectivity index (χ3n) is 4.05. The number of ether oxygens (including phenoxy) is 1. The van der Waals surface area contributed by atoms with Gasteiger partial charge in [-0.15, -0.1) is 0 Å². The number of nitrogens with one attached hydrogen (secondary N) is 1. The Labute approximate surface area is 157 Å². The van der Waals surface area contributed by atoms with Crippen LogP contribution in [0.5, 0.6) is 0 Å². The lowest BCUT2D eigenvalue weighted by Gasteiger charge is -2.24. The van der Waals surface area contributed by atoms with Gasteiger partial charge in [0.2, 0.25) is 0 Å². The standard InChI is InChI=1S/C21H23N3O3/c1-21(2,3)27-20(26)24(4)13-14-9-11-15(12-10-14)18-16-7-5-6-8-17(16)19(25)23-22-18/h5-12H,13H2,1-4H3,(H,23,25). The third-order valence-corrected chi connectivity index (χ3v) is 4.05. The number of aromatic amines is 1. The Morgan fingerprint density at radius 3 is 2.33 bits per heavy atom. The van der Waals surface area contributed by atoms with Crippen LogP contribution in [0.15, 0.2) is 53.3 Å². The minimum absolute atomic E-state index is 0.204. The highest BCUT2D eigenvalue weighted by Crippen LogP contribution is 2.24. The number of H-pyrrole nitrogens is 1. The highest BCUT2D eigenvalue weighted by atomic mass is 16.6. The Kier molecular flexibility index (Phi) is 4.99. The van der Waals surface area contributed by atoms with Gasteiger partial charge in [-0.05, 0) is 32.4 Å². The molecule has 6 nitrogen and oxygen atoms in total. The molecule has 0 atom stereocenters. The molecule has 0 radical (unpaired) electrons. The predicted molar refractivity (Wildman–Crippen MR) is 106 cm³/mol. The van der Waals surface area contributed by atoms with Gasteiger partial charge in [0, 0.05) is 24.5 Å². The van der Waals surface area contributed by atoms with Crippen LogP contribution in [0.25, 0.3) is 22.0 Å². The van der Waals surface area contributed by atoms with Crippen LogP contribution in [-0.4, -0.2) is 33.8 Å². The summed E-state index contributed by atoms with van der Waals surface area (Å²) in [5.74, 6) is 0. The molecule has 0 bridgehead atoms. The van der Waals surface area contributed by atoms with Crippen LogP contribution in [-0.2, 0) is 11.3 Å². The molecule has 1 amide bonds. The number of benzene rings is 2. The second-order valence-corrected chi connectivity index (χ2v) is 7.48. The summed E-state index contributed by atoms with van der Waals surface area (Å²) in [4.78, 5) is 25.6. The highest BCUT2D eigenvalue weighted by molar-refractivity contribution is 5.93. The van der Waals surface area contributed by atoms with Gasteiger partial charge in [0.05, 0.1) is 11.1 Å². The summed E-state index contributed by atoms with van der Waals surface area (Å²) in [5.41, 5.74) is 1.86. The fourth-order valence-electron chi connectivity index (χ4n) is 2.78. The second kappa shape index (κ2) is 7.23. The Hall–Kier alpha value is -3.15. The van der Waals surface area contributed by atoms with Crippen molar-refractivity contribution in [2.24, 2.45) is 0 Å². The average Bonchev–Trinajstić information content (AvgIpc) is 2.62. The quantitative estimate of drug-likeness (QED) is 0.762. The van der Waals surface area contributed by atoms with E-state index < -0.39 is 5.60 Å². The van der Waals surface area contributed by atoms with E-state index in [4.69, 9.17) is 4.74 Å². The molecule has 0 aliphatic heterocycles. The van der Waals surface area contributed by atoms with Crippen molar-refractivity contribution in [1.82, 2.24) is 15.1 Å². The number of amides is 1. The fourth-order valence-corrected chi connectivity index (χ4v) is 2.78. The maximum atomic E-state index is 12.1. The van der Waals surface area contributed by atoms with E-state index in [2.05, 4.69) is 10.2 Å². The molecular formula is C21H23N3O3. The molecule has 2 aromatic carbocycles. The van der Waals surface area contributed by atoms with Gasteiger partial charge in [0.25, 0.3) is 5.56 Å². The van der Waals surface area contributed by atoms with Gasteiger partial charge >= 0.3 is 6.09 Å². The molecule has 1 heterocycles. The van der Waals surface area contributed by atoms with Crippen LogP contribution < -0.4 is 5.56 Å². The van der Waals surface area contributed by atoms with Crippen molar-refractivity contribution in [3.8, 4) is 11.3 Å². The number of fused-ring (bicyclic) bond motifs is 1. The molecule has 0 aliphatic rings. The van der Waals surface area contributed by atoms with E-state index in [1.165, 1.54) is 4.90 Å². The summed E-state index contributed by atoms with van der Waals surface area (Å²) in [6.07, 6.45) is -0.361. The molecule has 1 aromatic heterocycles. The molecular weight excluding hydrogens is 342 g/mol. The first kappa shape index (κ1) is 18.6. The molecule has 27 heavy (non-hydrogen) atoms. The van der Waals surface area contributed by atoms with E-state index in [0.29, 0.717) is 11.9 Å². The van der Waals surface area contributed by atoms with Gasteiger partial charge in [-0.1, -0.05) is 42.5 Å². The third kappa shape index (κ3) is 4.34. The van der Waals surface area contributed by atoms with Crippen LogP contribution in [0, 0.1) is 0 Å². The zero-order valence-electron chi connectivity index (χ0n) is 15.9. The zero-order chi connectivity index (χ0) is 19.6. The molecule has 0 fully saturated rings. The Morgan fingerprint density at radius 2 is 1.70 bits per heavy atom. The van der Waals surface area contributed by atoms with Crippen LogP contribution in [0.3, 0.4) is 0 Å². The molecule has 0 spiro atoms. The number of carbonyl (C=O) groups excluding carboxylic acids is 1.